The van der Waals surface area contributed by atoms with Crippen molar-refractivity contribution in [3.05, 3.63) is 59.7 Å². The van der Waals surface area contributed by atoms with Gasteiger partial charge in [0.1, 0.15) is 0 Å². The van der Waals surface area contributed by atoms with Crippen molar-refractivity contribution < 1.29 is 4.79 Å². The van der Waals surface area contributed by atoms with Gasteiger partial charge in [-0.15, -0.1) is 0 Å². The van der Waals surface area contributed by atoms with Gasteiger partial charge in [-0.2, -0.15) is 0 Å². The fourth-order valence-corrected chi connectivity index (χ4v) is 6.54. The van der Waals surface area contributed by atoms with Gasteiger partial charge in [-0.1, -0.05) is 24.3 Å². The van der Waals surface area contributed by atoms with Gasteiger partial charge in [0.15, 0.2) is 0 Å². The molecule has 1 amide bonds. The number of aryl methyl sites for hydroxylation is 1. The quantitative estimate of drug-likeness (QED) is 0.697. The third-order valence-corrected chi connectivity index (χ3v) is 7.44. The molecular formula is C25H30N2O. The second-order valence-electron chi connectivity index (χ2n) is 9.56. The number of carbonyl (C=O) groups excluding carboxylic acids is 1. The van der Waals surface area contributed by atoms with E-state index < -0.39 is 0 Å². The molecule has 6 rings (SSSR count). The van der Waals surface area contributed by atoms with Gasteiger partial charge in [-0.05, 0) is 104 Å². The summed E-state index contributed by atoms with van der Waals surface area (Å²) in [5.41, 5.74) is 10.5. The third kappa shape index (κ3) is 3.43. The first kappa shape index (κ1) is 17.8. The molecule has 0 aliphatic heterocycles. The Morgan fingerprint density at radius 3 is 2.04 bits per heavy atom. The highest BCUT2D eigenvalue weighted by molar-refractivity contribution is 5.90. The standard InChI is InChI=1S/C25H30N2O/c26-22-6-1-17(2-7-22)3-10-24(28)27-23-8-4-21(5-9-23)25-14-18-11-19(15-25)13-20(12-18)16-25/h1-2,4-9,18-20H,3,10-16,26H2,(H,27,28). The van der Waals surface area contributed by atoms with E-state index in [9.17, 15) is 4.79 Å². The molecule has 0 unspecified atom stereocenters. The van der Waals surface area contributed by atoms with Crippen LogP contribution in [0, 0.1) is 17.8 Å². The largest absolute Gasteiger partial charge is 0.399 e. The molecule has 2 aromatic rings. The summed E-state index contributed by atoms with van der Waals surface area (Å²) in [4.78, 5) is 12.3. The number of amides is 1. The highest BCUT2D eigenvalue weighted by atomic mass is 16.1. The molecule has 0 saturated heterocycles. The van der Waals surface area contributed by atoms with E-state index in [0.717, 1.165) is 41.1 Å². The Labute approximate surface area is 167 Å². The van der Waals surface area contributed by atoms with Crippen molar-refractivity contribution >= 4 is 17.3 Å². The zero-order valence-electron chi connectivity index (χ0n) is 16.5. The van der Waals surface area contributed by atoms with Crippen LogP contribution in [0.4, 0.5) is 11.4 Å². The molecule has 0 atom stereocenters. The predicted molar refractivity (Wildman–Crippen MR) is 114 cm³/mol. The van der Waals surface area contributed by atoms with Crippen molar-refractivity contribution in [3.63, 3.8) is 0 Å². The minimum absolute atomic E-state index is 0.0689. The van der Waals surface area contributed by atoms with Gasteiger partial charge in [-0.25, -0.2) is 0 Å². The zero-order chi connectivity index (χ0) is 19.1. The van der Waals surface area contributed by atoms with E-state index in [-0.39, 0.29) is 5.91 Å². The second-order valence-corrected chi connectivity index (χ2v) is 9.56. The minimum Gasteiger partial charge on any atom is -0.399 e. The van der Waals surface area contributed by atoms with Crippen LogP contribution in [0.15, 0.2) is 48.5 Å². The summed E-state index contributed by atoms with van der Waals surface area (Å²) in [6, 6.07) is 16.5. The monoisotopic (exact) mass is 374 g/mol. The van der Waals surface area contributed by atoms with Crippen LogP contribution in [0.1, 0.15) is 56.1 Å². The molecular weight excluding hydrogens is 344 g/mol. The molecule has 0 heterocycles. The second kappa shape index (κ2) is 6.95. The summed E-state index contributed by atoms with van der Waals surface area (Å²) in [6.45, 7) is 0. The summed E-state index contributed by atoms with van der Waals surface area (Å²) in [5, 5.41) is 3.06. The van der Waals surface area contributed by atoms with Gasteiger partial charge in [0.2, 0.25) is 5.91 Å². The number of rotatable bonds is 5. The van der Waals surface area contributed by atoms with E-state index in [1.807, 2.05) is 24.3 Å². The first-order valence-corrected chi connectivity index (χ1v) is 10.8. The summed E-state index contributed by atoms with van der Waals surface area (Å²) in [6.07, 6.45) is 9.78. The molecule has 4 aliphatic rings. The van der Waals surface area contributed by atoms with E-state index in [2.05, 4.69) is 29.6 Å². The number of nitrogens with one attached hydrogen (secondary N) is 1. The molecule has 0 spiro atoms. The number of hydrogen-bond acceptors (Lipinski definition) is 2. The number of nitrogen functional groups attached to an aromatic ring is 1. The predicted octanol–water partition coefficient (Wildman–Crippen LogP) is 5.31. The number of hydrogen-bond donors (Lipinski definition) is 2. The third-order valence-electron chi connectivity index (χ3n) is 7.44. The fraction of sp³-hybridized carbons (Fsp3) is 0.480. The molecule has 3 N–H and O–H groups in total. The van der Waals surface area contributed by atoms with Crippen LogP contribution in [0.2, 0.25) is 0 Å². The van der Waals surface area contributed by atoms with Crippen molar-refractivity contribution in [1.29, 1.82) is 0 Å². The SMILES string of the molecule is Nc1ccc(CCC(=O)Nc2ccc(C34CC5CC(CC(C5)C3)C4)cc2)cc1. The van der Waals surface area contributed by atoms with Gasteiger partial charge in [0.25, 0.3) is 0 Å². The topological polar surface area (TPSA) is 55.1 Å². The van der Waals surface area contributed by atoms with E-state index >= 15 is 0 Å². The maximum absolute atomic E-state index is 12.3. The van der Waals surface area contributed by atoms with Gasteiger partial charge >= 0.3 is 0 Å². The number of benzene rings is 2. The van der Waals surface area contributed by atoms with E-state index in [1.54, 1.807) is 0 Å². The maximum atomic E-state index is 12.3. The first-order valence-electron chi connectivity index (χ1n) is 10.8. The average molecular weight is 375 g/mol. The number of anilines is 2. The molecule has 0 radical (unpaired) electrons. The summed E-state index contributed by atoms with van der Waals surface area (Å²) in [7, 11) is 0. The average Bonchev–Trinajstić information content (AvgIpc) is 2.67. The summed E-state index contributed by atoms with van der Waals surface area (Å²) < 4.78 is 0. The van der Waals surface area contributed by atoms with E-state index in [0.29, 0.717) is 11.8 Å². The molecule has 0 aromatic heterocycles. The van der Waals surface area contributed by atoms with Gasteiger partial charge in [-0.3, -0.25) is 4.79 Å². The zero-order valence-corrected chi connectivity index (χ0v) is 16.5. The van der Waals surface area contributed by atoms with Crippen LogP contribution in [0.3, 0.4) is 0 Å². The lowest BCUT2D eigenvalue weighted by Crippen LogP contribution is -2.48. The Hall–Kier alpha value is -2.29. The summed E-state index contributed by atoms with van der Waals surface area (Å²) in [5.74, 6) is 2.94. The van der Waals surface area contributed by atoms with Crippen LogP contribution in [-0.4, -0.2) is 5.91 Å². The lowest BCUT2D eigenvalue weighted by molar-refractivity contribution is -0.116. The van der Waals surface area contributed by atoms with E-state index in [4.69, 9.17) is 5.73 Å². The van der Waals surface area contributed by atoms with Crippen LogP contribution < -0.4 is 11.1 Å². The van der Waals surface area contributed by atoms with Gasteiger partial charge in [0, 0.05) is 17.8 Å². The molecule has 28 heavy (non-hydrogen) atoms. The number of carbonyl (C=O) groups is 1. The normalized spacial score (nSPS) is 30.4. The molecule has 3 nitrogen and oxygen atoms in total. The molecule has 4 saturated carbocycles. The molecule has 4 bridgehead atoms. The Balaban J connectivity index is 1.21. The molecule has 4 fully saturated rings. The lowest BCUT2D eigenvalue weighted by atomic mass is 9.48. The van der Waals surface area contributed by atoms with Crippen LogP contribution in [0.5, 0.6) is 0 Å². The Bertz CT molecular complexity index is 818. The van der Waals surface area contributed by atoms with E-state index in [1.165, 1.54) is 44.1 Å². The molecule has 3 heteroatoms. The highest BCUT2D eigenvalue weighted by Gasteiger charge is 2.51. The minimum atomic E-state index is 0.0689. The van der Waals surface area contributed by atoms with Crippen LogP contribution in [-0.2, 0) is 16.6 Å². The Morgan fingerprint density at radius 2 is 1.46 bits per heavy atom. The maximum Gasteiger partial charge on any atom is 0.224 e. The van der Waals surface area contributed by atoms with Crippen molar-refractivity contribution in [1.82, 2.24) is 0 Å². The van der Waals surface area contributed by atoms with Crippen LogP contribution >= 0.6 is 0 Å². The Kier molecular flexibility index (Phi) is 4.41. The fourth-order valence-electron chi connectivity index (χ4n) is 6.54. The molecule has 4 aliphatic carbocycles. The summed E-state index contributed by atoms with van der Waals surface area (Å²) >= 11 is 0. The van der Waals surface area contributed by atoms with Gasteiger partial charge in [0.05, 0.1) is 0 Å². The smallest absolute Gasteiger partial charge is 0.224 e. The Morgan fingerprint density at radius 1 is 0.893 bits per heavy atom. The molecule has 2 aromatic carbocycles. The van der Waals surface area contributed by atoms with Crippen molar-refractivity contribution in [2.75, 3.05) is 11.1 Å². The van der Waals surface area contributed by atoms with Crippen molar-refractivity contribution in [2.24, 2.45) is 17.8 Å². The first-order chi connectivity index (χ1) is 13.6. The molecule has 146 valence electrons. The van der Waals surface area contributed by atoms with Crippen molar-refractivity contribution in [3.8, 4) is 0 Å². The highest BCUT2D eigenvalue weighted by Crippen LogP contribution is 2.60. The van der Waals surface area contributed by atoms with Crippen LogP contribution in [0.25, 0.3) is 0 Å². The lowest BCUT2D eigenvalue weighted by Gasteiger charge is -2.57. The van der Waals surface area contributed by atoms with Crippen molar-refractivity contribution in [2.45, 2.75) is 56.8 Å². The van der Waals surface area contributed by atoms with Gasteiger partial charge < -0.3 is 11.1 Å². The number of nitrogens with two attached hydrogens (primary N) is 1.